The van der Waals surface area contributed by atoms with Gasteiger partial charge in [-0.15, -0.1) is 0 Å². The Labute approximate surface area is 441 Å². The van der Waals surface area contributed by atoms with E-state index in [0.717, 1.165) is 26.4 Å². The van der Waals surface area contributed by atoms with Crippen LogP contribution in [-0.4, -0.2) is 169 Å². The number of fused-ring (bicyclic) bond motifs is 4. The van der Waals surface area contributed by atoms with Gasteiger partial charge in [0.2, 0.25) is 23.0 Å². The van der Waals surface area contributed by atoms with Gasteiger partial charge in [0.15, 0.2) is 93.6 Å². The number of ether oxygens (including phenoxy) is 16. The third kappa shape index (κ3) is 10.1. The molecule has 78 heavy (non-hydrogen) atoms. The number of carbonyl (C=O) groups excluding carboxylic acids is 5. The van der Waals surface area contributed by atoms with Crippen LogP contribution in [0, 0.1) is 0 Å². The molecule has 0 aromatic heterocycles. The summed E-state index contributed by atoms with van der Waals surface area (Å²) in [6.07, 6.45) is -9.86. The molecule has 0 radical (unpaired) electrons. The van der Waals surface area contributed by atoms with Crippen molar-refractivity contribution in [2.24, 2.45) is 0 Å². The molecule has 5 aromatic rings. The highest BCUT2D eigenvalue weighted by Gasteiger charge is 2.54. The predicted molar refractivity (Wildman–Crippen MR) is 259 cm³/mol. The van der Waals surface area contributed by atoms with Crippen LogP contribution in [0.3, 0.4) is 0 Å². The van der Waals surface area contributed by atoms with E-state index < -0.39 is 124 Å². The van der Waals surface area contributed by atoms with Gasteiger partial charge in [-0.05, 0) is 30.3 Å². The van der Waals surface area contributed by atoms with Gasteiger partial charge >= 0.3 is 29.8 Å². The van der Waals surface area contributed by atoms with Gasteiger partial charge in [0.25, 0.3) is 0 Å². The molecule has 0 spiro atoms. The van der Waals surface area contributed by atoms with Crippen LogP contribution >= 0.6 is 0 Å². The van der Waals surface area contributed by atoms with Crippen molar-refractivity contribution in [1.29, 1.82) is 0 Å². The fraction of sp³-hybridized carbons (Fsp3) is 0.314. The summed E-state index contributed by atoms with van der Waals surface area (Å²) in [7, 11) is 12.0. The molecule has 7 rings (SSSR count). The highest BCUT2D eigenvalue weighted by molar-refractivity contribution is 6.09. The van der Waals surface area contributed by atoms with Crippen LogP contribution in [0.4, 0.5) is 0 Å². The van der Waals surface area contributed by atoms with Crippen molar-refractivity contribution in [1.82, 2.24) is 0 Å². The van der Waals surface area contributed by atoms with Crippen molar-refractivity contribution in [2.75, 3.05) is 77.7 Å². The van der Waals surface area contributed by atoms with Gasteiger partial charge in [0, 0.05) is 30.4 Å². The van der Waals surface area contributed by atoms with E-state index in [-0.39, 0.29) is 74.2 Å². The minimum atomic E-state index is -2.13. The minimum Gasteiger partial charge on any atom is -0.504 e. The van der Waals surface area contributed by atoms with Crippen molar-refractivity contribution < 1.29 is 130 Å². The monoisotopic (exact) mass is 1090 g/mol. The number of phenols is 6. The summed E-state index contributed by atoms with van der Waals surface area (Å²) in [5.41, 5.74) is -3.14. The van der Waals surface area contributed by atoms with E-state index in [0.29, 0.717) is 24.3 Å². The standard InChI is InChI=1S/C51H50O27/c1-63-28-15-22-33(41(68-6)37(28)65-3)32-21(16-30(39(67-5)42(32)69-7)74-36-23(48(60)71-9)17-29(64-2)38(66-4)43(36)70-8)49(61)73-18-31-40(76-50(22)62)44(77-46(58)19-11-24(52)34(56)25(53)12-19)45(51(72-10)75-31)78-47(59)20-13-26(54)35(57)27(55)14-20/h11-17,31,40,44-45,51-57H,18H2,1-10H3/t31-,40-,44+,45-,51+/m1/s1. The van der Waals surface area contributed by atoms with Crippen molar-refractivity contribution in [3.63, 3.8) is 0 Å². The number of carbonyl (C=O) groups is 5. The third-order valence-corrected chi connectivity index (χ3v) is 12.1. The largest absolute Gasteiger partial charge is 0.504 e. The SMILES string of the molecule is COC(=O)c1cc(OC)c(OC)c(OC)c1Oc1cc2c(c(OC)c1OC)-c1c(cc(OC)c(OC)c1OC)C(=O)O[C@H]1[C@H](OC(=O)c3cc(O)c(O)c(O)c3)[C@@H](OC(=O)c3cc(O)c(O)c(O)c3)[C@@H](OC)O[C@@H]1COC2=O. The fourth-order valence-electron chi connectivity index (χ4n) is 8.51. The molecular weight excluding hydrogens is 1040 g/mol. The highest BCUT2D eigenvalue weighted by atomic mass is 16.7. The number of hydrogen-bond donors (Lipinski definition) is 6. The molecule has 2 aliphatic heterocycles. The lowest BCUT2D eigenvalue weighted by Crippen LogP contribution is -2.63. The summed E-state index contributed by atoms with van der Waals surface area (Å²) >= 11 is 0. The molecule has 0 bridgehead atoms. The zero-order chi connectivity index (χ0) is 57.0. The molecule has 6 N–H and O–H groups in total. The minimum absolute atomic E-state index is 0.0223. The molecule has 0 saturated carbocycles. The van der Waals surface area contributed by atoms with E-state index in [1.54, 1.807) is 0 Å². The number of phenolic OH excluding ortho intramolecular Hbond substituents is 6. The molecule has 0 aliphatic carbocycles. The molecule has 27 nitrogen and oxygen atoms in total. The number of hydrogen-bond acceptors (Lipinski definition) is 27. The second-order valence-electron chi connectivity index (χ2n) is 16.3. The van der Waals surface area contributed by atoms with Gasteiger partial charge in [0.1, 0.15) is 18.3 Å². The van der Waals surface area contributed by atoms with Crippen molar-refractivity contribution in [3.05, 3.63) is 70.3 Å². The Morgan fingerprint density at radius 1 is 0.487 bits per heavy atom. The maximum Gasteiger partial charge on any atom is 0.341 e. The molecule has 2 heterocycles. The smallest absolute Gasteiger partial charge is 0.341 e. The maximum absolute atomic E-state index is 15.3. The van der Waals surface area contributed by atoms with E-state index >= 15 is 9.59 Å². The second-order valence-corrected chi connectivity index (χ2v) is 16.3. The van der Waals surface area contributed by atoms with Crippen LogP contribution in [-0.2, 0) is 33.2 Å². The average molecular weight is 1090 g/mol. The van der Waals surface area contributed by atoms with E-state index in [4.69, 9.17) is 75.8 Å². The van der Waals surface area contributed by atoms with E-state index in [1.165, 1.54) is 62.9 Å². The van der Waals surface area contributed by atoms with E-state index in [9.17, 15) is 45.0 Å². The number of rotatable bonds is 16. The second kappa shape index (κ2) is 23.1. The molecular formula is C51H50O27. The Bertz CT molecular complexity index is 3140. The molecule has 0 unspecified atom stereocenters. The van der Waals surface area contributed by atoms with Crippen molar-refractivity contribution >= 4 is 29.8 Å². The number of methoxy groups -OCH3 is 10. The first-order valence-electron chi connectivity index (χ1n) is 22.5. The quantitative estimate of drug-likeness (QED) is 0.0441. The molecule has 1 fully saturated rings. The average Bonchev–Trinajstić information content (AvgIpc) is 3.49. The highest BCUT2D eigenvalue weighted by Crippen LogP contribution is 2.57. The Balaban J connectivity index is 1.49. The molecule has 416 valence electrons. The lowest BCUT2D eigenvalue weighted by atomic mass is 9.91. The Morgan fingerprint density at radius 2 is 0.923 bits per heavy atom. The first kappa shape index (κ1) is 56.1. The summed E-state index contributed by atoms with van der Waals surface area (Å²) in [5, 5.41) is 61.3. The van der Waals surface area contributed by atoms with Crippen LogP contribution < -0.4 is 42.6 Å². The third-order valence-electron chi connectivity index (χ3n) is 12.1. The number of benzene rings is 5. The molecule has 5 aromatic carbocycles. The van der Waals surface area contributed by atoms with Gasteiger partial charge in [-0.25, -0.2) is 24.0 Å². The molecule has 0 amide bonds. The van der Waals surface area contributed by atoms with Crippen LogP contribution in [0.5, 0.6) is 92.0 Å². The zero-order valence-corrected chi connectivity index (χ0v) is 42.9. The van der Waals surface area contributed by atoms with Crippen LogP contribution in [0.1, 0.15) is 51.8 Å². The van der Waals surface area contributed by atoms with Crippen molar-refractivity contribution in [3.8, 4) is 103 Å². The Kier molecular flexibility index (Phi) is 16.6. The Morgan fingerprint density at radius 3 is 1.38 bits per heavy atom. The lowest BCUT2D eigenvalue weighted by molar-refractivity contribution is -0.291. The fourth-order valence-corrected chi connectivity index (χ4v) is 8.51. The van der Waals surface area contributed by atoms with Gasteiger partial charge in [-0.2, -0.15) is 0 Å². The maximum atomic E-state index is 15.3. The number of esters is 5. The lowest BCUT2D eigenvalue weighted by Gasteiger charge is -2.44. The van der Waals surface area contributed by atoms with Gasteiger partial charge in [-0.1, -0.05) is 0 Å². The molecule has 5 atom stereocenters. The van der Waals surface area contributed by atoms with E-state index in [2.05, 4.69) is 0 Å². The first-order chi connectivity index (χ1) is 37.3. The summed E-state index contributed by atoms with van der Waals surface area (Å²) in [4.78, 5) is 71.9. The van der Waals surface area contributed by atoms with Gasteiger partial charge < -0.3 is 106 Å². The number of cyclic esters (lactones) is 1. The van der Waals surface area contributed by atoms with Gasteiger partial charge in [0.05, 0.1) is 86.2 Å². The Hall–Kier alpha value is -9.63. The summed E-state index contributed by atoms with van der Waals surface area (Å²) in [5.74, 6) is -14.5. The van der Waals surface area contributed by atoms with Crippen LogP contribution in [0.25, 0.3) is 11.1 Å². The molecule has 1 saturated heterocycles. The summed E-state index contributed by atoms with van der Waals surface area (Å²) in [6, 6.07) is 6.29. The number of aromatic hydroxyl groups is 6. The normalized spacial score (nSPS) is 17.6. The summed E-state index contributed by atoms with van der Waals surface area (Å²) in [6.45, 7) is -0.939. The molecule has 27 heteroatoms. The topological polar surface area (TPSA) is 354 Å². The van der Waals surface area contributed by atoms with E-state index in [1.807, 2.05) is 0 Å². The predicted octanol–water partition coefficient (Wildman–Crippen LogP) is 4.75. The van der Waals surface area contributed by atoms with Crippen molar-refractivity contribution in [2.45, 2.75) is 30.7 Å². The van der Waals surface area contributed by atoms with Crippen LogP contribution in [0.2, 0.25) is 0 Å². The summed E-state index contributed by atoms with van der Waals surface area (Å²) < 4.78 is 92.8. The zero-order valence-electron chi connectivity index (χ0n) is 42.9. The molecule has 2 aliphatic rings. The van der Waals surface area contributed by atoms with Gasteiger partial charge in [-0.3, -0.25) is 0 Å². The van der Waals surface area contributed by atoms with Crippen LogP contribution in [0.15, 0.2) is 42.5 Å². The first-order valence-corrected chi connectivity index (χ1v) is 22.5.